The average molecular weight is 252 g/mol. The number of hydrogen-bond donors (Lipinski definition) is 2. The van der Waals surface area contributed by atoms with Crippen LogP contribution in [-0.2, 0) is 0 Å². The van der Waals surface area contributed by atoms with Crippen molar-refractivity contribution in [1.29, 1.82) is 0 Å². The molecule has 0 unspecified atom stereocenters. The molecule has 2 N–H and O–H groups in total. The lowest BCUT2D eigenvalue weighted by molar-refractivity contribution is 0.623. The van der Waals surface area contributed by atoms with Crippen molar-refractivity contribution in [3.05, 3.63) is 0 Å². The Balaban J connectivity index is 2.62. The standard InChI is InChI=1S/C11H28N2S2/c1-15(2,3,4)11-9-13-7-5-6-12-8-10-14-15/h12-13H,5-11H2,1-4H3. The molecule has 4 heteroatoms. The first-order valence-electron chi connectivity index (χ1n) is 5.79. The van der Waals surface area contributed by atoms with Gasteiger partial charge in [-0.05, 0) is 50.3 Å². The fourth-order valence-electron chi connectivity index (χ4n) is 1.68. The minimum absolute atomic E-state index is 1.16. The van der Waals surface area contributed by atoms with E-state index in [1.807, 2.05) is 0 Å². The van der Waals surface area contributed by atoms with Crippen molar-refractivity contribution in [2.45, 2.75) is 6.42 Å². The molecule has 1 aliphatic rings. The smallest absolute Gasteiger partial charge is 0.0135 e. The van der Waals surface area contributed by atoms with Crippen LogP contribution < -0.4 is 10.6 Å². The Morgan fingerprint density at radius 1 is 0.867 bits per heavy atom. The molecule has 1 heterocycles. The van der Waals surface area contributed by atoms with Gasteiger partial charge in [0.2, 0.25) is 0 Å². The Morgan fingerprint density at radius 2 is 1.47 bits per heavy atom. The van der Waals surface area contributed by atoms with Crippen LogP contribution in [0.15, 0.2) is 0 Å². The highest BCUT2D eigenvalue weighted by atomic mass is 33.2. The lowest BCUT2D eigenvalue weighted by Crippen LogP contribution is -2.36. The number of nitrogens with one attached hydrogen (secondary N) is 2. The van der Waals surface area contributed by atoms with Gasteiger partial charge in [-0.15, -0.1) is 10.8 Å². The van der Waals surface area contributed by atoms with Crippen LogP contribution in [0.25, 0.3) is 0 Å². The van der Waals surface area contributed by atoms with Gasteiger partial charge in [-0.1, -0.05) is 0 Å². The van der Waals surface area contributed by atoms with Gasteiger partial charge in [-0.25, -0.2) is 7.33 Å². The predicted molar refractivity (Wildman–Crippen MR) is 79.0 cm³/mol. The molecule has 94 valence electrons. The number of hydrogen-bond acceptors (Lipinski definition) is 3. The molecule has 0 aromatic carbocycles. The van der Waals surface area contributed by atoms with Gasteiger partial charge < -0.3 is 10.6 Å². The molecule has 1 fully saturated rings. The Kier molecular flexibility index (Phi) is 3.77. The van der Waals surface area contributed by atoms with Crippen LogP contribution in [0, 0.1) is 0 Å². The SMILES string of the molecule is CS1(C)(C)(C)CCNCCCNCCS1. The monoisotopic (exact) mass is 252 g/mol. The molecule has 0 bridgehead atoms. The van der Waals surface area contributed by atoms with Gasteiger partial charge in [-0.3, -0.25) is 0 Å². The highest BCUT2D eigenvalue weighted by molar-refractivity contribution is 9.12. The van der Waals surface area contributed by atoms with E-state index in [0.717, 1.165) is 19.6 Å². The van der Waals surface area contributed by atoms with Crippen LogP contribution in [0.5, 0.6) is 0 Å². The summed E-state index contributed by atoms with van der Waals surface area (Å²) in [7, 11) is 0.369. The van der Waals surface area contributed by atoms with Crippen LogP contribution in [0.4, 0.5) is 0 Å². The molecule has 0 saturated carbocycles. The highest BCUT2D eigenvalue weighted by Crippen LogP contribution is 2.87. The zero-order chi connectivity index (χ0) is 11.5. The van der Waals surface area contributed by atoms with Crippen LogP contribution in [-0.4, -0.2) is 62.7 Å². The van der Waals surface area contributed by atoms with E-state index in [1.165, 1.54) is 24.5 Å². The van der Waals surface area contributed by atoms with Crippen molar-refractivity contribution in [3.63, 3.8) is 0 Å². The van der Waals surface area contributed by atoms with E-state index in [4.69, 9.17) is 0 Å². The van der Waals surface area contributed by atoms with Crippen molar-refractivity contribution in [1.82, 2.24) is 10.6 Å². The average Bonchev–Trinajstić information content (AvgIpc) is 2.08. The van der Waals surface area contributed by atoms with Crippen LogP contribution >= 0.6 is 18.1 Å². The van der Waals surface area contributed by atoms with Crippen LogP contribution in [0.1, 0.15) is 6.42 Å². The maximum Gasteiger partial charge on any atom is 0.0135 e. The first-order valence-corrected chi connectivity index (χ1v) is 11.5. The van der Waals surface area contributed by atoms with E-state index >= 15 is 0 Å². The fraction of sp³-hybridized carbons (Fsp3) is 1.00. The number of rotatable bonds is 0. The van der Waals surface area contributed by atoms with Crippen molar-refractivity contribution in [3.8, 4) is 0 Å². The summed E-state index contributed by atoms with van der Waals surface area (Å²) in [5.41, 5.74) is 0. The third kappa shape index (κ3) is 6.05. The Labute approximate surface area is 98.0 Å². The summed E-state index contributed by atoms with van der Waals surface area (Å²) in [5, 5.41) is 7.08. The second-order valence-electron chi connectivity index (χ2n) is 6.77. The van der Waals surface area contributed by atoms with Gasteiger partial charge in [0.15, 0.2) is 0 Å². The summed E-state index contributed by atoms with van der Waals surface area (Å²) in [6.07, 6.45) is 11.3. The Morgan fingerprint density at radius 3 is 2.13 bits per heavy atom. The van der Waals surface area contributed by atoms with Gasteiger partial charge in [0.05, 0.1) is 0 Å². The lowest BCUT2D eigenvalue weighted by atomic mass is 10.4. The van der Waals surface area contributed by atoms with Gasteiger partial charge in [0, 0.05) is 18.8 Å². The second-order valence-corrected chi connectivity index (χ2v) is 22.0. The molecule has 0 atom stereocenters. The van der Waals surface area contributed by atoms with Crippen LogP contribution in [0.3, 0.4) is 0 Å². The van der Waals surface area contributed by atoms with E-state index in [2.05, 4.69) is 46.5 Å². The van der Waals surface area contributed by atoms with E-state index in [0.29, 0.717) is 0 Å². The first kappa shape index (κ1) is 13.7. The molecule has 1 rings (SSSR count). The summed E-state index contributed by atoms with van der Waals surface area (Å²) in [5.74, 6) is 2.58. The molecule has 2 nitrogen and oxygen atoms in total. The Bertz CT molecular complexity index is 199. The molecule has 15 heavy (non-hydrogen) atoms. The predicted octanol–water partition coefficient (Wildman–Crippen LogP) is 1.61. The van der Waals surface area contributed by atoms with E-state index in [-0.39, 0.29) is 0 Å². The molecular weight excluding hydrogens is 224 g/mol. The topological polar surface area (TPSA) is 24.1 Å². The highest BCUT2D eigenvalue weighted by Gasteiger charge is 2.42. The quantitative estimate of drug-likeness (QED) is 0.641. The molecule has 1 aliphatic heterocycles. The van der Waals surface area contributed by atoms with Crippen molar-refractivity contribution < 1.29 is 0 Å². The third-order valence-corrected chi connectivity index (χ3v) is 10.6. The summed E-state index contributed by atoms with van der Waals surface area (Å²) in [6.45, 7) is 4.65. The summed E-state index contributed by atoms with van der Waals surface area (Å²) in [6, 6.07) is 0. The molecule has 0 aromatic heterocycles. The van der Waals surface area contributed by atoms with E-state index in [9.17, 15) is 0 Å². The van der Waals surface area contributed by atoms with E-state index < -0.39 is 7.33 Å². The molecule has 1 saturated heterocycles. The van der Waals surface area contributed by atoms with Crippen molar-refractivity contribution in [2.24, 2.45) is 0 Å². The largest absolute Gasteiger partial charge is 0.316 e. The van der Waals surface area contributed by atoms with E-state index in [1.54, 1.807) is 0 Å². The molecule has 0 radical (unpaired) electrons. The minimum atomic E-state index is -1.84. The molecule has 0 aliphatic carbocycles. The maximum atomic E-state index is 3.56. The van der Waals surface area contributed by atoms with Crippen molar-refractivity contribution >= 4 is 18.1 Å². The Hall–Kier alpha value is 0.620. The molecule has 0 aromatic rings. The summed E-state index contributed by atoms with van der Waals surface area (Å²) < 4.78 is 0. The summed E-state index contributed by atoms with van der Waals surface area (Å²) in [4.78, 5) is 0. The lowest BCUT2D eigenvalue weighted by Gasteiger charge is -2.68. The van der Waals surface area contributed by atoms with Crippen LogP contribution in [0.2, 0.25) is 0 Å². The van der Waals surface area contributed by atoms with Gasteiger partial charge in [0.25, 0.3) is 0 Å². The molecular formula is C11H28N2S2. The third-order valence-electron chi connectivity index (χ3n) is 2.80. The normalized spacial score (nSPS) is 36.0. The fourth-order valence-corrected chi connectivity index (χ4v) is 7.06. The second kappa shape index (κ2) is 4.13. The minimum Gasteiger partial charge on any atom is -0.316 e. The maximum absolute atomic E-state index is 3.56. The first-order chi connectivity index (χ1) is 6.71. The zero-order valence-corrected chi connectivity index (χ0v) is 12.4. The molecule has 0 amide bonds. The van der Waals surface area contributed by atoms with Gasteiger partial charge in [0.1, 0.15) is 0 Å². The van der Waals surface area contributed by atoms with Gasteiger partial charge in [-0.2, -0.15) is 0 Å². The zero-order valence-electron chi connectivity index (χ0n) is 10.8. The summed E-state index contributed by atoms with van der Waals surface area (Å²) >= 11 is 0. The van der Waals surface area contributed by atoms with Gasteiger partial charge >= 0.3 is 0 Å². The molecule has 0 spiro atoms. The van der Waals surface area contributed by atoms with Crippen molar-refractivity contribution in [2.75, 3.05) is 62.7 Å².